The van der Waals surface area contributed by atoms with Crippen molar-refractivity contribution in [1.29, 1.82) is 0 Å². The zero-order valence-electron chi connectivity index (χ0n) is 8.88. The van der Waals surface area contributed by atoms with Crippen LogP contribution in [0.2, 0.25) is 0 Å². The quantitative estimate of drug-likeness (QED) is 0.787. The third-order valence-electron chi connectivity index (χ3n) is 2.86. The fourth-order valence-corrected chi connectivity index (χ4v) is 1.93. The molecule has 0 radical (unpaired) electrons. The van der Waals surface area contributed by atoms with Gasteiger partial charge in [0.15, 0.2) is 0 Å². The lowest BCUT2D eigenvalue weighted by molar-refractivity contribution is -0.137. The Bertz CT molecular complexity index is 228. The van der Waals surface area contributed by atoms with Gasteiger partial charge in [-0.1, -0.05) is 0 Å². The van der Waals surface area contributed by atoms with E-state index in [0.717, 1.165) is 19.9 Å². The van der Waals surface area contributed by atoms with E-state index in [1.165, 1.54) is 0 Å². The molecule has 1 heterocycles. The molecule has 5 heteroatoms. The Morgan fingerprint density at radius 1 is 1.60 bits per heavy atom. The number of hydrogen-bond donors (Lipinski definition) is 1. The van der Waals surface area contributed by atoms with Gasteiger partial charge in [0.25, 0.3) is 0 Å². The van der Waals surface area contributed by atoms with Gasteiger partial charge in [0, 0.05) is 19.0 Å². The molecule has 0 aromatic carbocycles. The van der Waals surface area contributed by atoms with E-state index in [1.807, 2.05) is 4.90 Å². The van der Waals surface area contributed by atoms with Crippen LogP contribution >= 0.6 is 0 Å². The molecule has 1 aliphatic heterocycles. The highest BCUT2D eigenvalue weighted by atomic mass is 19.3. The maximum atomic E-state index is 13.0. The molecular weight excluding hydrogens is 204 g/mol. The summed E-state index contributed by atoms with van der Waals surface area (Å²) in [5.41, 5.74) is 0. The number of aliphatic carboxylic acids is 1. The Kier molecular flexibility index (Phi) is 4.02. The lowest BCUT2D eigenvalue weighted by Gasteiger charge is -2.35. The van der Waals surface area contributed by atoms with Gasteiger partial charge in [-0.3, -0.25) is 4.79 Å². The number of alkyl halides is 2. The smallest absolute Gasteiger partial charge is 0.304 e. The highest BCUT2D eigenvalue weighted by Crippen LogP contribution is 2.31. The van der Waals surface area contributed by atoms with Crippen molar-refractivity contribution in [2.24, 2.45) is 5.92 Å². The van der Waals surface area contributed by atoms with Crippen LogP contribution in [0.15, 0.2) is 0 Å². The second kappa shape index (κ2) is 4.88. The Morgan fingerprint density at radius 2 is 2.27 bits per heavy atom. The summed E-state index contributed by atoms with van der Waals surface area (Å²) in [4.78, 5) is 12.2. The topological polar surface area (TPSA) is 40.5 Å². The number of hydrogen-bond acceptors (Lipinski definition) is 2. The van der Waals surface area contributed by atoms with E-state index in [9.17, 15) is 13.6 Å². The van der Waals surface area contributed by atoms with Gasteiger partial charge in [0.1, 0.15) is 0 Å². The molecule has 0 aromatic heterocycles. The molecule has 3 nitrogen and oxygen atoms in total. The minimum absolute atomic E-state index is 0.0298. The molecule has 1 N–H and O–H groups in total. The molecule has 0 amide bonds. The summed E-state index contributed by atoms with van der Waals surface area (Å²) in [5.74, 6) is -4.15. The first-order valence-corrected chi connectivity index (χ1v) is 5.21. The monoisotopic (exact) mass is 221 g/mol. The third kappa shape index (κ3) is 4.11. The minimum Gasteiger partial charge on any atom is -0.481 e. The van der Waals surface area contributed by atoms with Gasteiger partial charge >= 0.3 is 5.97 Å². The molecule has 1 saturated heterocycles. The lowest BCUT2D eigenvalue weighted by atomic mass is 9.92. The van der Waals surface area contributed by atoms with Crippen molar-refractivity contribution in [3.63, 3.8) is 0 Å². The van der Waals surface area contributed by atoms with E-state index < -0.39 is 17.8 Å². The largest absolute Gasteiger partial charge is 0.481 e. The van der Waals surface area contributed by atoms with E-state index in [4.69, 9.17) is 5.11 Å². The Hall–Kier alpha value is -0.710. The average Bonchev–Trinajstić information content (AvgIpc) is 2.14. The number of likely N-dealkylation sites (tertiary alicyclic amines) is 1. The molecule has 0 aliphatic carbocycles. The van der Waals surface area contributed by atoms with Crippen LogP contribution in [-0.4, -0.2) is 41.5 Å². The van der Waals surface area contributed by atoms with E-state index >= 15 is 0 Å². The van der Waals surface area contributed by atoms with Gasteiger partial charge in [-0.2, -0.15) is 0 Å². The van der Waals surface area contributed by atoms with Crippen LogP contribution in [0.1, 0.15) is 26.2 Å². The molecule has 1 aliphatic rings. The van der Waals surface area contributed by atoms with Crippen molar-refractivity contribution < 1.29 is 18.7 Å². The molecular formula is C10H17F2NO2. The van der Waals surface area contributed by atoms with Gasteiger partial charge in [-0.25, -0.2) is 8.78 Å². The maximum absolute atomic E-state index is 13.0. The number of rotatable bonds is 4. The third-order valence-corrected chi connectivity index (χ3v) is 2.86. The normalized spacial score (nSPS) is 24.1. The molecule has 0 spiro atoms. The predicted octanol–water partition coefficient (Wildman–Crippen LogP) is 1.83. The zero-order valence-corrected chi connectivity index (χ0v) is 8.88. The summed E-state index contributed by atoms with van der Waals surface area (Å²) < 4.78 is 26.1. The van der Waals surface area contributed by atoms with E-state index in [0.29, 0.717) is 19.5 Å². The highest BCUT2D eigenvalue weighted by Gasteiger charge is 2.36. The molecule has 1 rings (SSSR count). The van der Waals surface area contributed by atoms with Crippen molar-refractivity contribution in [1.82, 2.24) is 4.90 Å². The van der Waals surface area contributed by atoms with Gasteiger partial charge in [-0.05, 0) is 26.3 Å². The fraction of sp³-hybridized carbons (Fsp3) is 0.900. The van der Waals surface area contributed by atoms with Crippen LogP contribution in [0, 0.1) is 5.92 Å². The molecule has 0 saturated carbocycles. The Morgan fingerprint density at radius 3 is 2.80 bits per heavy atom. The Balaban J connectivity index is 2.39. The number of nitrogens with zero attached hydrogens (tertiary/aromatic N) is 1. The molecule has 0 bridgehead atoms. The van der Waals surface area contributed by atoms with Crippen molar-refractivity contribution in [3.8, 4) is 0 Å². The standard InChI is InChI=1S/C10H17F2NO2/c1-10(11,12)8-3-2-5-13(7-8)6-4-9(14)15/h8H,2-7H2,1H3,(H,14,15)/t8-/m1/s1. The molecule has 1 atom stereocenters. The summed E-state index contributed by atoms with van der Waals surface area (Å²) in [6, 6.07) is 0. The maximum Gasteiger partial charge on any atom is 0.304 e. The molecule has 88 valence electrons. The van der Waals surface area contributed by atoms with Crippen LogP contribution in [0.3, 0.4) is 0 Å². The Labute approximate surface area is 88.1 Å². The van der Waals surface area contributed by atoms with Crippen molar-refractivity contribution >= 4 is 5.97 Å². The predicted molar refractivity (Wildman–Crippen MR) is 52.0 cm³/mol. The van der Waals surface area contributed by atoms with Crippen LogP contribution in [0.5, 0.6) is 0 Å². The first-order valence-electron chi connectivity index (χ1n) is 5.21. The van der Waals surface area contributed by atoms with Gasteiger partial charge in [0.2, 0.25) is 5.92 Å². The fourth-order valence-electron chi connectivity index (χ4n) is 1.93. The number of piperidine rings is 1. The lowest BCUT2D eigenvalue weighted by Crippen LogP contribution is -2.42. The second-order valence-electron chi connectivity index (χ2n) is 4.24. The number of halogens is 2. The minimum atomic E-state index is -2.65. The van der Waals surface area contributed by atoms with Gasteiger partial charge in [-0.15, -0.1) is 0 Å². The summed E-state index contributed by atoms with van der Waals surface area (Å²) in [6.45, 7) is 2.37. The summed E-state index contributed by atoms with van der Waals surface area (Å²) in [7, 11) is 0. The number of carbonyl (C=O) groups is 1. The average molecular weight is 221 g/mol. The van der Waals surface area contributed by atoms with Crippen LogP contribution in [-0.2, 0) is 4.79 Å². The van der Waals surface area contributed by atoms with E-state index in [1.54, 1.807) is 0 Å². The first-order chi connectivity index (χ1) is 6.89. The molecule has 0 aromatic rings. The molecule has 0 unspecified atom stereocenters. The van der Waals surface area contributed by atoms with Crippen LogP contribution in [0.4, 0.5) is 8.78 Å². The van der Waals surface area contributed by atoms with Crippen molar-refractivity contribution in [3.05, 3.63) is 0 Å². The molecule has 1 fully saturated rings. The van der Waals surface area contributed by atoms with E-state index in [2.05, 4.69) is 0 Å². The number of carboxylic acid groups (broad SMARTS) is 1. The first kappa shape index (κ1) is 12.4. The summed E-state index contributed by atoms with van der Waals surface area (Å²) in [5, 5.41) is 8.50. The zero-order chi connectivity index (χ0) is 11.5. The van der Waals surface area contributed by atoms with Crippen LogP contribution < -0.4 is 0 Å². The highest BCUT2D eigenvalue weighted by molar-refractivity contribution is 5.66. The van der Waals surface area contributed by atoms with Crippen molar-refractivity contribution in [2.45, 2.75) is 32.1 Å². The SMILES string of the molecule is CC(F)(F)[C@@H]1CCCN(CCC(=O)O)C1. The van der Waals surface area contributed by atoms with E-state index in [-0.39, 0.29) is 6.42 Å². The number of carboxylic acids is 1. The molecule has 15 heavy (non-hydrogen) atoms. The van der Waals surface area contributed by atoms with Crippen LogP contribution in [0.25, 0.3) is 0 Å². The van der Waals surface area contributed by atoms with Gasteiger partial charge < -0.3 is 10.0 Å². The van der Waals surface area contributed by atoms with Gasteiger partial charge in [0.05, 0.1) is 6.42 Å². The summed E-state index contributed by atoms with van der Waals surface area (Å²) >= 11 is 0. The van der Waals surface area contributed by atoms with Crippen molar-refractivity contribution in [2.75, 3.05) is 19.6 Å². The summed E-state index contributed by atoms with van der Waals surface area (Å²) in [6.07, 6.45) is 1.29. The second-order valence-corrected chi connectivity index (χ2v) is 4.24.